The van der Waals surface area contributed by atoms with Gasteiger partial charge in [0.25, 0.3) is 11.5 Å². The van der Waals surface area contributed by atoms with Gasteiger partial charge in [0.15, 0.2) is 0 Å². The van der Waals surface area contributed by atoms with E-state index in [2.05, 4.69) is 35.2 Å². The van der Waals surface area contributed by atoms with Gasteiger partial charge in [-0.05, 0) is 55.7 Å². The van der Waals surface area contributed by atoms with Gasteiger partial charge in [0.05, 0.1) is 4.91 Å². The molecule has 0 radical (unpaired) electrons. The van der Waals surface area contributed by atoms with Gasteiger partial charge in [-0.15, -0.1) is 0 Å². The van der Waals surface area contributed by atoms with Crippen molar-refractivity contribution in [3.63, 3.8) is 0 Å². The van der Waals surface area contributed by atoms with Crippen LogP contribution in [0.3, 0.4) is 0 Å². The normalized spacial score (nSPS) is 17.9. The van der Waals surface area contributed by atoms with Crippen LogP contribution in [-0.2, 0) is 17.8 Å². The van der Waals surface area contributed by atoms with E-state index in [4.69, 9.17) is 12.2 Å². The van der Waals surface area contributed by atoms with Crippen LogP contribution in [0.25, 0.3) is 6.08 Å². The maximum atomic E-state index is 13.3. The number of nitriles is 1. The van der Waals surface area contributed by atoms with Crippen LogP contribution in [-0.4, -0.2) is 39.8 Å². The fraction of sp³-hybridized carbons (Fsp3) is 0.407. The summed E-state index contributed by atoms with van der Waals surface area (Å²) in [6.07, 6.45) is 5.68. The van der Waals surface area contributed by atoms with Crippen molar-refractivity contribution in [1.82, 2.24) is 9.47 Å². The van der Waals surface area contributed by atoms with Crippen molar-refractivity contribution in [2.24, 2.45) is 5.92 Å². The van der Waals surface area contributed by atoms with Crippen LogP contribution >= 0.6 is 24.0 Å². The highest BCUT2D eigenvalue weighted by Crippen LogP contribution is 2.36. The molecule has 0 spiro atoms. The summed E-state index contributed by atoms with van der Waals surface area (Å²) in [6, 6.07) is 12.7. The number of anilines is 1. The van der Waals surface area contributed by atoms with Gasteiger partial charge in [-0.2, -0.15) is 5.26 Å². The molecule has 1 amide bonds. The number of thioether (sulfide) groups is 1. The Bertz CT molecular complexity index is 1270. The summed E-state index contributed by atoms with van der Waals surface area (Å²) in [5.74, 6) is 1.24. The first-order chi connectivity index (χ1) is 16.8. The highest BCUT2D eigenvalue weighted by molar-refractivity contribution is 8.26. The maximum Gasteiger partial charge on any atom is 0.270 e. The van der Waals surface area contributed by atoms with E-state index in [1.165, 1.54) is 22.2 Å². The van der Waals surface area contributed by atoms with Gasteiger partial charge in [0.1, 0.15) is 21.8 Å². The third-order valence-corrected chi connectivity index (χ3v) is 8.32. The molecule has 2 fully saturated rings. The molecule has 0 aliphatic carbocycles. The number of hydrogen-bond acceptors (Lipinski definition) is 6. The zero-order chi connectivity index (χ0) is 25.1. The molecule has 182 valence electrons. The molecule has 0 saturated carbocycles. The van der Waals surface area contributed by atoms with E-state index in [-0.39, 0.29) is 17.0 Å². The van der Waals surface area contributed by atoms with Crippen molar-refractivity contribution >= 4 is 46.1 Å². The van der Waals surface area contributed by atoms with Gasteiger partial charge in [-0.25, -0.2) is 0 Å². The highest BCUT2D eigenvalue weighted by Gasteiger charge is 2.31. The first-order valence-corrected chi connectivity index (χ1v) is 13.3. The molecule has 3 heterocycles. The molecular formula is C27H30N4O2S2. The average molecular weight is 507 g/mol. The number of carbonyl (C=O) groups excluding carboxylic acids is 1. The Kier molecular flexibility index (Phi) is 7.78. The van der Waals surface area contributed by atoms with E-state index in [0.29, 0.717) is 27.3 Å². The number of piperidine rings is 1. The molecule has 6 nitrogen and oxygen atoms in total. The number of thiocarbonyl (C=S) groups is 1. The third-order valence-electron chi connectivity index (χ3n) is 6.84. The number of likely N-dealkylation sites (N-methyl/N-ethyl adjacent to an activating group) is 1. The van der Waals surface area contributed by atoms with Crippen LogP contribution in [0.1, 0.15) is 48.4 Å². The number of aromatic nitrogens is 1. The largest absolute Gasteiger partial charge is 0.357 e. The molecular weight excluding hydrogens is 476 g/mol. The third kappa shape index (κ3) is 5.07. The fourth-order valence-corrected chi connectivity index (χ4v) is 6.05. The van der Waals surface area contributed by atoms with Crippen LogP contribution in [0.15, 0.2) is 40.0 Å². The molecule has 2 aromatic rings. The summed E-state index contributed by atoms with van der Waals surface area (Å²) in [6.45, 7) is 5.99. The number of amides is 1. The van der Waals surface area contributed by atoms with Crippen LogP contribution in [0.2, 0.25) is 0 Å². The van der Waals surface area contributed by atoms with Crippen LogP contribution in [0.4, 0.5) is 5.82 Å². The van der Waals surface area contributed by atoms with Crippen LogP contribution in [0.5, 0.6) is 0 Å². The Balaban J connectivity index is 1.74. The van der Waals surface area contributed by atoms with Gasteiger partial charge in [-0.1, -0.05) is 61.2 Å². The van der Waals surface area contributed by atoms with Gasteiger partial charge in [-0.3, -0.25) is 19.1 Å². The van der Waals surface area contributed by atoms with E-state index in [1.807, 2.05) is 19.1 Å². The lowest BCUT2D eigenvalue weighted by Gasteiger charge is -2.36. The lowest BCUT2D eigenvalue weighted by molar-refractivity contribution is -0.121. The monoisotopic (exact) mass is 506 g/mol. The minimum absolute atomic E-state index is 0.138. The van der Waals surface area contributed by atoms with Crippen molar-refractivity contribution in [3.8, 4) is 6.07 Å². The van der Waals surface area contributed by atoms with E-state index in [1.54, 1.807) is 18.5 Å². The number of hydrogen-bond donors (Lipinski definition) is 0. The highest BCUT2D eigenvalue weighted by atomic mass is 32.2. The predicted molar refractivity (Wildman–Crippen MR) is 146 cm³/mol. The van der Waals surface area contributed by atoms with Crippen LogP contribution < -0.4 is 10.5 Å². The molecule has 35 heavy (non-hydrogen) atoms. The second kappa shape index (κ2) is 10.8. The average Bonchev–Trinajstić information content (AvgIpc) is 3.10. The van der Waals surface area contributed by atoms with E-state index >= 15 is 0 Å². The zero-order valence-electron chi connectivity index (χ0n) is 20.4. The first kappa shape index (κ1) is 25.2. The summed E-state index contributed by atoms with van der Waals surface area (Å²) >= 11 is 6.57. The molecule has 1 aromatic heterocycles. The molecule has 0 atom stereocenters. The fourth-order valence-electron chi connectivity index (χ4n) is 4.89. The van der Waals surface area contributed by atoms with E-state index in [9.17, 15) is 14.9 Å². The van der Waals surface area contributed by atoms with Crippen molar-refractivity contribution in [2.75, 3.05) is 25.0 Å². The number of benzene rings is 1. The van der Waals surface area contributed by atoms with Crippen molar-refractivity contribution in [1.29, 1.82) is 5.26 Å². The SMILES string of the molecule is CCCn1c(N2CCC(Cc3ccccc3)CC2)c(/C=C2\SC(=S)N(C)C2=O)c(C)c(C#N)c1=O. The van der Waals surface area contributed by atoms with Crippen molar-refractivity contribution in [2.45, 2.75) is 46.1 Å². The maximum absolute atomic E-state index is 13.3. The van der Waals surface area contributed by atoms with Gasteiger partial charge < -0.3 is 4.90 Å². The van der Waals surface area contributed by atoms with Gasteiger partial charge >= 0.3 is 0 Å². The number of nitrogens with zero attached hydrogens (tertiary/aromatic N) is 4. The molecule has 0 N–H and O–H groups in total. The summed E-state index contributed by atoms with van der Waals surface area (Å²) in [5.41, 5.74) is 2.62. The topological polar surface area (TPSA) is 69.3 Å². The van der Waals surface area contributed by atoms with E-state index < -0.39 is 0 Å². The Hall–Kier alpha value is -2.89. The molecule has 0 unspecified atom stereocenters. The number of rotatable bonds is 6. The summed E-state index contributed by atoms with van der Waals surface area (Å²) in [7, 11) is 1.67. The smallest absolute Gasteiger partial charge is 0.270 e. The van der Waals surface area contributed by atoms with Gasteiger partial charge in [0.2, 0.25) is 0 Å². The predicted octanol–water partition coefficient (Wildman–Crippen LogP) is 4.73. The summed E-state index contributed by atoms with van der Waals surface area (Å²) in [5, 5.41) is 9.79. The lowest BCUT2D eigenvalue weighted by Crippen LogP contribution is -2.40. The van der Waals surface area contributed by atoms with E-state index in [0.717, 1.165) is 50.2 Å². The van der Waals surface area contributed by atoms with Crippen molar-refractivity contribution < 1.29 is 4.79 Å². The molecule has 8 heteroatoms. The zero-order valence-corrected chi connectivity index (χ0v) is 22.0. The molecule has 1 aromatic carbocycles. The number of pyridine rings is 1. The lowest BCUT2D eigenvalue weighted by atomic mass is 9.90. The molecule has 0 bridgehead atoms. The Morgan fingerprint density at radius 2 is 1.89 bits per heavy atom. The Labute approximate surface area is 216 Å². The molecule has 2 aliphatic rings. The summed E-state index contributed by atoms with van der Waals surface area (Å²) in [4.78, 5) is 30.3. The first-order valence-electron chi connectivity index (χ1n) is 12.0. The quantitative estimate of drug-likeness (QED) is 0.417. The minimum Gasteiger partial charge on any atom is -0.357 e. The minimum atomic E-state index is -0.256. The molecule has 2 saturated heterocycles. The Morgan fingerprint density at radius 1 is 1.20 bits per heavy atom. The molecule has 4 rings (SSSR count). The number of carbonyl (C=O) groups is 1. The Morgan fingerprint density at radius 3 is 2.46 bits per heavy atom. The van der Waals surface area contributed by atoms with Crippen molar-refractivity contribution in [3.05, 3.63) is 67.8 Å². The van der Waals surface area contributed by atoms with Gasteiger partial charge in [0, 0.05) is 32.2 Å². The molecule has 2 aliphatic heterocycles. The standard InChI is InChI=1S/C27H30N4O2S2/c1-4-12-31-24(30-13-10-20(11-14-30)15-19-8-6-5-7-9-19)21(18(2)22(17-28)25(31)32)16-23-26(33)29(3)27(34)35-23/h5-9,16,20H,4,10-15H2,1-3H3/b23-16-. The van der Waals surface area contributed by atoms with Crippen LogP contribution in [0, 0.1) is 24.2 Å². The second-order valence-electron chi connectivity index (χ2n) is 9.17. The summed E-state index contributed by atoms with van der Waals surface area (Å²) < 4.78 is 2.24. The second-order valence-corrected chi connectivity index (χ2v) is 10.8.